The van der Waals surface area contributed by atoms with Gasteiger partial charge in [0.2, 0.25) is 5.91 Å². The Hall–Kier alpha value is -2.45. The number of ether oxygens (including phenoxy) is 1. The van der Waals surface area contributed by atoms with Gasteiger partial charge in [0.05, 0.1) is 12.6 Å². The van der Waals surface area contributed by atoms with Crippen molar-refractivity contribution < 1.29 is 18.7 Å². The van der Waals surface area contributed by atoms with E-state index in [0.717, 1.165) is 23.3 Å². The van der Waals surface area contributed by atoms with Crippen LogP contribution in [0.4, 0.5) is 9.18 Å². The molecule has 0 spiro atoms. The number of urea groups is 1. The molecule has 3 amide bonds. The van der Waals surface area contributed by atoms with Crippen LogP contribution < -0.4 is 5.32 Å². The number of rotatable bonds is 9. The third kappa shape index (κ3) is 6.53. The van der Waals surface area contributed by atoms with Crippen LogP contribution in [0.5, 0.6) is 0 Å². The molecule has 1 aromatic heterocycles. The number of carbonyl (C=O) groups is 2. The number of thiophene rings is 1. The SMILES string of the molecule is CCNC(=O)N(CC(=O)N(Cc1ccc(F)cc1)Cc1cccs1)CC1CCCO1. The molecule has 162 valence electrons. The fraction of sp³-hybridized carbons (Fsp3) is 0.455. The Morgan fingerprint density at radius 1 is 1.20 bits per heavy atom. The Labute approximate surface area is 180 Å². The highest BCUT2D eigenvalue weighted by molar-refractivity contribution is 7.09. The van der Waals surface area contributed by atoms with Gasteiger partial charge in [-0.3, -0.25) is 4.79 Å². The number of hydrogen-bond donors (Lipinski definition) is 1. The molecule has 30 heavy (non-hydrogen) atoms. The predicted octanol–water partition coefficient (Wildman–Crippen LogP) is 3.63. The Morgan fingerprint density at radius 3 is 2.63 bits per heavy atom. The Kier molecular flexibility index (Phi) is 8.21. The number of carbonyl (C=O) groups excluding carboxylic acids is 2. The number of nitrogens with one attached hydrogen (secondary N) is 1. The molecule has 0 aliphatic carbocycles. The summed E-state index contributed by atoms with van der Waals surface area (Å²) in [5, 5.41) is 4.75. The standard InChI is InChI=1S/C22H28FN3O3S/c1-2-24-22(28)26(14-19-5-3-11-29-19)16-21(27)25(15-20-6-4-12-30-20)13-17-7-9-18(23)10-8-17/h4,6-10,12,19H,2-3,5,11,13-16H2,1H3,(H,24,28). The summed E-state index contributed by atoms with van der Waals surface area (Å²) in [6, 6.07) is 9.79. The smallest absolute Gasteiger partial charge is 0.317 e. The largest absolute Gasteiger partial charge is 0.376 e. The Bertz CT molecular complexity index is 808. The van der Waals surface area contributed by atoms with E-state index in [1.54, 1.807) is 28.4 Å². The maximum Gasteiger partial charge on any atom is 0.317 e. The average molecular weight is 434 g/mol. The van der Waals surface area contributed by atoms with Gasteiger partial charge < -0.3 is 19.9 Å². The molecule has 1 N–H and O–H groups in total. The lowest BCUT2D eigenvalue weighted by molar-refractivity contribution is -0.133. The normalized spacial score (nSPS) is 15.7. The van der Waals surface area contributed by atoms with Crippen molar-refractivity contribution in [3.05, 3.63) is 58.0 Å². The summed E-state index contributed by atoms with van der Waals surface area (Å²) in [7, 11) is 0. The zero-order valence-electron chi connectivity index (χ0n) is 17.2. The molecular weight excluding hydrogens is 405 g/mol. The van der Waals surface area contributed by atoms with Crippen molar-refractivity contribution >= 4 is 23.3 Å². The van der Waals surface area contributed by atoms with Crippen molar-refractivity contribution in [3.63, 3.8) is 0 Å². The number of halogens is 1. The van der Waals surface area contributed by atoms with E-state index in [9.17, 15) is 14.0 Å². The minimum Gasteiger partial charge on any atom is -0.376 e. The first-order valence-corrected chi connectivity index (χ1v) is 11.1. The van der Waals surface area contributed by atoms with E-state index in [-0.39, 0.29) is 30.4 Å². The molecule has 1 saturated heterocycles. The van der Waals surface area contributed by atoms with Crippen LogP contribution in [-0.2, 0) is 22.6 Å². The molecule has 1 aromatic carbocycles. The van der Waals surface area contributed by atoms with Gasteiger partial charge in [0.1, 0.15) is 12.4 Å². The van der Waals surface area contributed by atoms with Gasteiger partial charge in [0.25, 0.3) is 0 Å². The molecule has 2 heterocycles. The van der Waals surface area contributed by atoms with Crippen molar-refractivity contribution in [3.8, 4) is 0 Å². The minimum atomic E-state index is -0.311. The van der Waals surface area contributed by atoms with Gasteiger partial charge in [-0.05, 0) is 48.9 Å². The lowest BCUT2D eigenvalue weighted by Gasteiger charge is -2.29. The van der Waals surface area contributed by atoms with Crippen molar-refractivity contribution in [1.29, 1.82) is 0 Å². The van der Waals surface area contributed by atoms with E-state index < -0.39 is 0 Å². The van der Waals surface area contributed by atoms with E-state index in [1.807, 2.05) is 24.4 Å². The van der Waals surface area contributed by atoms with Gasteiger partial charge in [-0.1, -0.05) is 18.2 Å². The highest BCUT2D eigenvalue weighted by Crippen LogP contribution is 2.17. The van der Waals surface area contributed by atoms with Crippen LogP contribution in [0.2, 0.25) is 0 Å². The van der Waals surface area contributed by atoms with Crippen molar-refractivity contribution in [1.82, 2.24) is 15.1 Å². The quantitative estimate of drug-likeness (QED) is 0.657. The van der Waals surface area contributed by atoms with Crippen LogP contribution in [0.15, 0.2) is 41.8 Å². The molecule has 1 fully saturated rings. The zero-order chi connectivity index (χ0) is 21.3. The van der Waals surface area contributed by atoms with Gasteiger partial charge in [-0.25, -0.2) is 9.18 Å². The van der Waals surface area contributed by atoms with E-state index in [4.69, 9.17) is 4.74 Å². The second-order valence-corrected chi connectivity index (χ2v) is 8.34. The maximum absolute atomic E-state index is 13.3. The predicted molar refractivity (Wildman–Crippen MR) is 115 cm³/mol. The molecule has 1 aliphatic rings. The minimum absolute atomic E-state index is 0.0295. The van der Waals surface area contributed by atoms with Crippen molar-refractivity contribution in [2.24, 2.45) is 0 Å². The van der Waals surface area contributed by atoms with Crippen LogP contribution >= 0.6 is 11.3 Å². The molecule has 2 aromatic rings. The maximum atomic E-state index is 13.3. The van der Waals surface area contributed by atoms with Crippen molar-refractivity contribution in [2.45, 2.75) is 39.0 Å². The van der Waals surface area contributed by atoms with E-state index in [2.05, 4.69) is 5.32 Å². The second-order valence-electron chi connectivity index (χ2n) is 7.31. The van der Waals surface area contributed by atoms with Gasteiger partial charge in [0.15, 0.2) is 0 Å². The molecule has 1 atom stereocenters. The van der Waals surface area contributed by atoms with Crippen LogP contribution in [0.25, 0.3) is 0 Å². The Morgan fingerprint density at radius 2 is 2.00 bits per heavy atom. The van der Waals surface area contributed by atoms with Gasteiger partial charge in [-0.2, -0.15) is 0 Å². The first-order chi connectivity index (χ1) is 14.5. The van der Waals surface area contributed by atoms with Crippen molar-refractivity contribution in [2.75, 3.05) is 26.2 Å². The van der Waals surface area contributed by atoms with E-state index in [0.29, 0.717) is 32.8 Å². The third-order valence-corrected chi connectivity index (χ3v) is 5.82. The van der Waals surface area contributed by atoms with Crippen LogP contribution in [-0.4, -0.2) is 54.1 Å². The molecule has 0 saturated carbocycles. The first-order valence-electron chi connectivity index (χ1n) is 10.2. The summed E-state index contributed by atoms with van der Waals surface area (Å²) in [5.74, 6) is -0.467. The van der Waals surface area contributed by atoms with Gasteiger partial charge in [-0.15, -0.1) is 11.3 Å². The van der Waals surface area contributed by atoms with Crippen LogP contribution in [0, 0.1) is 5.82 Å². The van der Waals surface area contributed by atoms with Gasteiger partial charge in [0, 0.05) is 31.1 Å². The topological polar surface area (TPSA) is 61.9 Å². The lowest BCUT2D eigenvalue weighted by Crippen LogP contribution is -2.48. The zero-order valence-corrected chi connectivity index (χ0v) is 18.0. The summed E-state index contributed by atoms with van der Waals surface area (Å²) in [6.45, 7) is 4.18. The number of benzene rings is 1. The number of nitrogens with zero attached hydrogens (tertiary/aromatic N) is 2. The molecule has 3 rings (SSSR count). The number of amides is 3. The summed E-state index contributed by atoms with van der Waals surface area (Å²) in [5.41, 5.74) is 0.838. The monoisotopic (exact) mass is 433 g/mol. The molecular formula is C22H28FN3O3S. The third-order valence-electron chi connectivity index (χ3n) is 4.96. The fourth-order valence-electron chi connectivity index (χ4n) is 3.41. The first kappa shape index (κ1) is 22.2. The molecule has 0 radical (unpaired) electrons. The van der Waals surface area contributed by atoms with Crippen LogP contribution in [0.3, 0.4) is 0 Å². The summed E-state index contributed by atoms with van der Waals surface area (Å²) in [6.07, 6.45) is 1.82. The highest BCUT2D eigenvalue weighted by Gasteiger charge is 2.26. The molecule has 1 aliphatic heterocycles. The molecule has 8 heteroatoms. The van der Waals surface area contributed by atoms with E-state index >= 15 is 0 Å². The number of hydrogen-bond acceptors (Lipinski definition) is 4. The average Bonchev–Trinajstić information content (AvgIpc) is 3.43. The van der Waals surface area contributed by atoms with Crippen LogP contribution in [0.1, 0.15) is 30.2 Å². The summed E-state index contributed by atoms with van der Waals surface area (Å²) < 4.78 is 18.9. The Balaban J connectivity index is 1.72. The lowest BCUT2D eigenvalue weighted by atomic mass is 10.2. The van der Waals surface area contributed by atoms with E-state index in [1.165, 1.54) is 17.0 Å². The molecule has 6 nitrogen and oxygen atoms in total. The molecule has 1 unspecified atom stereocenters. The second kappa shape index (κ2) is 11.1. The van der Waals surface area contributed by atoms with Gasteiger partial charge >= 0.3 is 6.03 Å². The highest BCUT2D eigenvalue weighted by atomic mass is 32.1. The summed E-state index contributed by atoms with van der Waals surface area (Å²) in [4.78, 5) is 30.1. The fourth-order valence-corrected chi connectivity index (χ4v) is 4.13. The summed E-state index contributed by atoms with van der Waals surface area (Å²) >= 11 is 1.57. The molecule has 0 bridgehead atoms.